The van der Waals surface area contributed by atoms with Crippen LogP contribution in [0.15, 0.2) is 34.2 Å². The lowest BCUT2D eigenvalue weighted by Gasteiger charge is -2.27. The molecule has 3 N–H and O–H groups in total. The lowest BCUT2D eigenvalue weighted by Crippen LogP contribution is -2.40. The van der Waals surface area contributed by atoms with Crippen LogP contribution in [0.5, 0.6) is 0 Å². The van der Waals surface area contributed by atoms with E-state index >= 15 is 0 Å². The second-order valence-electron chi connectivity index (χ2n) is 6.61. The summed E-state index contributed by atoms with van der Waals surface area (Å²) in [6, 6.07) is 6.81. The van der Waals surface area contributed by atoms with Crippen molar-refractivity contribution in [2.75, 3.05) is 19.6 Å². The van der Waals surface area contributed by atoms with Gasteiger partial charge in [0.15, 0.2) is 5.96 Å². The van der Waals surface area contributed by atoms with E-state index in [-0.39, 0.29) is 10.8 Å². The molecule has 1 aromatic rings. The van der Waals surface area contributed by atoms with E-state index in [1.165, 1.54) is 6.42 Å². The van der Waals surface area contributed by atoms with Crippen molar-refractivity contribution in [1.82, 2.24) is 9.62 Å². The van der Waals surface area contributed by atoms with Gasteiger partial charge in [-0.05, 0) is 42.9 Å². The van der Waals surface area contributed by atoms with Crippen LogP contribution in [0.2, 0.25) is 0 Å². The first-order valence-corrected chi connectivity index (χ1v) is 10.0. The van der Waals surface area contributed by atoms with Crippen LogP contribution >= 0.6 is 0 Å². The van der Waals surface area contributed by atoms with E-state index in [0.29, 0.717) is 19.0 Å². The van der Waals surface area contributed by atoms with Gasteiger partial charge in [-0.25, -0.2) is 18.1 Å². The molecule has 0 bridgehead atoms. The Hall–Kier alpha value is -1.60. The molecule has 0 aliphatic carbocycles. The normalized spacial score (nSPS) is 16.6. The van der Waals surface area contributed by atoms with Crippen molar-refractivity contribution in [2.45, 2.75) is 44.6 Å². The zero-order valence-electron chi connectivity index (χ0n) is 14.5. The molecular formula is C17H28N4O2S. The third-order valence-corrected chi connectivity index (χ3v) is 5.46. The maximum atomic E-state index is 12.2. The molecule has 1 heterocycles. The molecule has 1 aliphatic heterocycles. The second-order valence-corrected chi connectivity index (χ2v) is 8.38. The maximum absolute atomic E-state index is 12.2. The molecule has 0 spiro atoms. The van der Waals surface area contributed by atoms with Gasteiger partial charge in [0, 0.05) is 19.6 Å². The summed E-state index contributed by atoms with van der Waals surface area (Å²) in [5, 5.41) is 0. The van der Waals surface area contributed by atoms with E-state index < -0.39 is 10.0 Å². The largest absolute Gasteiger partial charge is 0.370 e. The number of guanidine groups is 1. The first-order valence-electron chi connectivity index (χ1n) is 8.52. The summed E-state index contributed by atoms with van der Waals surface area (Å²) in [7, 11) is -3.44. The minimum absolute atomic E-state index is 0.270. The van der Waals surface area contributed by atoms with Crippen LogP contribution in [0.3, 0.4) is 0 Å². The number of piperidine rings is 1. The summed E-state index contributed by atoms with van der Waals surface area (Å²) in [5.41, 5.74) is 6.98. The van der Waals surface area contributed by atoms with Gasteiger partial charge in [-0.2, -0.15) is 0 Å². The van der Waals surface area contributed by atoms with Gasteiger partial charge >= 0.3 is 0 Å². The molecule has 24 heavy (non-hydrogen) atoms. The number of hydrogen-bond donors (Lipinski definition) is 2. The number of benzene rings is 1. The van der Waals surface area contributed by atoms with Crippen LogP contribution in [0, 0.1) is 5.92 Å². The molecule has 6 nitrogen and oxygen atoms in total. The van der Waals surface area contributed by atoms with Crippen LogP contribution in [0.4, 0.5) is 0 Å². The SMILES string of the molecule is CC(C)CNS(=O)(=O)c1ccc(CN=C(N)N2CCCCC2)cc1. The van der Waals surface area contributed by atoms with Crippen LogP contribution in [0.25, 0.3) is 0 Å². The molecule has 1 fully saturated rings. The predicted molar refractivity (Wildman–Crippen MR) is 97.2 cm³/mol. The predicted octanol–water partition coefficient (Wildman–Crippen LogP) is 1.92. The molecule has 0 aromatic heterocycles. The number of nitrogens with one attached hydrogen (secondary N) is 1. The van der Waals surface area contributed by atoms with Gasteiger partial charge in [0.1, 0.15) is 0 Å². The van der Waals surface area contributed by atoms with Gasteiger partial charge in [0.25, 0.3) is 0 Å². The molecule has 0 unspecified atom stereocenters. The van der Waals surface area contributed by atoms with Crippen LogP contribution in [-0.2, 0) is 16.6 Å². The number of hydrogen-bond acceptors (Lipinski definition) is 3. The minimum atomic E-state index is -3.44. The van der Waals surface area contributed by atoms with Crippen molar-refractivity contribution in [3.63, 3.8) is 0 Å². The molecule has 0 radical (unpaired) electrons. The van der Waals surface area contributed by atoms with Crippen LogP contribution < -0.4 is 10.5 Å². The zero-order valence-corrected chi connectivity index (χ0v) is 15.3. The summed E-state index contributed by atoms with van der Waals surface area (Å²) >= 11 is 0. The number of nitrogens with two attached hydrogens (primary N) is 1. The zero-order chi connectivity index (χ0) is 17.6. The molecule has 7 heteroatoms. The highest BCUT2D eigenvalue weighted by atomic mass is 32.2. The first-order chi connectivity index (χ1) is 11.4. The third kappa shape index (κ3) is 5.49. The van der Waals surface area contributed by atoms with E-state index in [1.807, 2.05) is 13.8 Å². The van der Waals surface area contributed by atoms with Crippen LogP contribution in [0.1, 0.15) is 38.7 Å². The number of sulfonamides is 1. The van der Waals surface area contributed by atoms with Crippen molar-refractivity contribution >= 4 is 16.0 Å². The Kier molecular flexibility index (Phi) is 6.62. The number of likely N-dealkylation sites (tertiary alicyclic amines) is 1. The number of rotatable bonds is 6. The molecular weight excluding hydrogens is 324 g/mol. The van der Waals surface area contributed by atoms with Gasteiger partial charge < -0.3 is 10.6 Å². The van der Waals surface area contributed by atoms with Gasteiger partial charge in [0.05, 0.1) is 11.4 Å². The lowest BCUT2D eigenvalue weighted by molar-refractivity contribution is 0.338. The Labute approximate surface area is 145 Å². The number of aliphatic imine (C=N–C) groups is 1. The molecule has 2 rings (SSSR count). The molecule has 0 saturated carbocycles. The third-order valence-electron chi connectivity index (χ3n) is 4.02. The number of nitrogens with zero attached hydrogens (tertiary/aromatic N) is 2. The van der Waals surface area contributed by atoms with E-state index in [0.717, 1.165) is 31.5 Å². The van der Waals surface area contributed by atoms with Gasteiger partial charge in [-0.1, -0.05) is 26.0 Å². The Balaban J connectivity index is 1.96. The molecule has 1 aliphatic rings. The maximum Gasteiger partial charge on any atom is 0.240 e. The van der Waals surface area contributed by atoms with Crippen molar-refractivity contribution in [3.05, 3.63) is 29.8 Å². The monoisotopic (exact) mass is 352 g/mol. The van der Waals surface area contributed by atoms with Crippen molar-refractivity contribution in [3.8, 4) is 0 Å². The van der Waals surface area contributed by atoms with E-state index in [1.54, 1.807) is 24.3 Å². The summed E-state index contributed by atoms with van der Waals surface area (Å²) in [5.74, 6) is 0.844. The fourth-order valence-corrected chi connectivity index (χ4v) is 3.74. The molecule has 134 valence electrons. The fraction of sp³-hybridized carbons (Fsp3) is 0.588. The summed E-state index contributed by atoms with van der Waals surface area (Å²) in [6.45, 7) is 6.76. The summed E-state index contributed by atoms with van der Waals surface area (Å²) in [4.78, 5) is 6.81. The highest BCUT2D eigenvalue weighted by molar-refractivity contribution is 7.89. The second kappa shape index (κ2) is 8.48. The van der Waals surface area contributed by atoms with Crippen molar-refractivity contribution in [2.24, 2.45) is 16.6 Å². The van der Waals surface area contributed by atoms with E-state index in [4.69, 9.17) is 5.73 Å². The Bertz CT molecular complexity index is 648. The summed E-state index contributed by atoms with van der Waals surface area (Å²) in [6.07, 6.45) is 3.57. The Morgan fingerprint density at radius 3 is 2.42 bits per heavy atom. The Morgan fingerprint density at radius 1 is 1.21 bits per heavy atom. The van der Waals surface area contributed by atoms with Crippen molar-refractivity contribution < 1.29 is 8.42 Å². The molecule has 1 saturated heterocycles. The molecule has 1 aromatic carbocycles. The average Bonchev–Trinajstić information content (AvgIpc) is 2.59. The van der Waals surface area contributed by atoms with Gasteiger partial charge in [0.2, 0.25) is 10.0 Å². The smallest absolute Gasteiger partial charge is 0.240 e. The van der Waals surface area contributed by atoms with Gasteiger partial charge in [-0.3, -0.25) is 0 Å². The Morgan fingerprint density at radius 2 is 1.83 bits per heavy atom. The van der Waals surface area contributed by atoms with Gasteiger partial charge in [-0.15, -0.1) is 0 Å². The minimum Gasteiger partial charge on any atom is -0.370 e. The van der Waals surface area contributed by atoms with E-state index in [9.17, 15) is 8.42 Å². The average molecular weight is 353 g/mol. The highest BCUT2D eigenvalue weighted by Gasteiger charge is 2.14. The van der Waals surface area contributed by atoms with Crippen molar-refractivity contribution in [1.29, 1.82) is 0 Å². The molecule has 0 amide bonds. The molecule has 0 atom stereocenters. The summed E-state index contributed by atoms with van der Waals surface area (Å²) < 4.78 is 26.9. The highest BCUT2D eigenvalue weighted by Crippen LogP contribution is 2.12. The fourth-order valence-electron chi connectivity index (χ4n) is 2.53. The quantitative estimate of drug-likeness (QED) is 0.605. The standard InChI is InChI=1S/C17H28N4O2S/c1-14(2)12-20-24(22,23)16-8-6-15(7-9-16)13-19-17(18)21-10-4-3-5-11-21/h6-9,14,20H,3-5,10-13H2,1-2H3,(H2,18,19). The van der Waals surface area contributed by atoms with Crippen LogP contribution in [-0.4, -0.2) is 38.9 Å². The topological polar surface area (TPSA) is 87.8 Å². The van der Waals surface area contributed by atoms with E-state index in [2.05, 4.69) is 14.6 Å². The first kappa shape index (κ1) is 18.7. The lowest BCUT2D eigenvalue weighted by atomic mass is 10.1.